The second-order valence-corrected chi connectivity index (χ2v) is 23.3. The lowest BCUT2D eigenvalue weighted by Gasteiger charge is -2.72. The maximum Gasteiger partial charge on any atom is 0.312 e. The van der Waals surface area contributed by atoms with Crippen LogP contribution in [-0.2, 0) is 19.4 Å². The zero-order valence-corrected chi connectivity index (χ0v) is 35.1. The molecular formula is C45H69FN2O5S. The van der Waals surface area contributed by atoms with Crippen LogP contribution < -0.4 is 10.6 Å². The van der Waals surface area contributed by atoms with Crippen LogP contribution in [-0.4, -0.2) is 61.7 Å². The number of fused-ring (bicyclic) bond motifs is 7. The average molecular weight is 769 g/mol. The van der Waals surface area contributed by atoms with Gasteiger partial charge in [0, 0.05) is 12.1 Å². The molecule has 302 valence electrons. The summed E-state index contributed by atoms with van der Waals surface area (Å²) in [6, 6.07) is 0. The quantitative estimate of drug-likeness (QED) is 0.203. The summed E-state index contributed by atoms with van der Waals surface area (Å²) in [6.07, 6.45) is 16.5. The number of alkyl halides is 1. The number of allylic oxidation sites excluding steroid dienone is 5. The van der Waals surface area contributed by atoms with Gasteiger partial charge in [0.25, 0.3) is 0 Å². The van der Waals surface area contributed by atoms with Crippen LogP contribution in [0.5, 0.6) is 0 Å². The molecule has 7 rings (SSSR count). The second kappa shape index (κ2) is 13.6. The summed E-state index contributed by atoms with van der Waals surface area (Å²) < 4.78 is 39.1. The van der Waals surface area contributed by atoms with E-state index in [4.69, 9.17) is 0 Å². The number of sulfone groups is 1. The Balaban J connectivity index is 1.11. The molecule has 6 aliphatic carbocycles. The van der Waals surface area contributed by atoms with Gasteiger partial charge >= 0.3 is 5.97 Å². The molecule has 7 nitrogen and oxygen atoms in total. The number of hydrogen-bond donors (Lipinski definition) is 3. The Morgan fingerprint density at radius 1 is 0.944 bits per heavy atom. The van der Waals surface area contributed by atoms with E-state index in [1.807, 2.05) is 6.92 Å². The summed E-state index contributed by atoms with van der Waals surface area (Å²) in [5.41, 5.74) is 2.89. The normalized spacial score (nSPS) is 46.2. The topological polar surface area (TPSA) is 113 Å². The van der Waals surface area contributed by atoms with Gasteiger partial charge in [0.2, 0.25) is 5.91 Å². The first-order chi connectivity index (χ1) is 25.2. The molecule has 3 N–H and O–H groups in total. The van der Waals surface area contributed by atoms with Crippen LogP contribution in [0.3, 0.4) is 0 Å². The third-order valence-corrected chi connectivity index (χ3v) is 20.5. The van der Waals surface area contributed by atoms with E-state index >= 15 is 0 Å². The van der Waals surface area contributed by atoms with Crippen molar-refractivity contribution < 1.29 is 27.5 Å². The molecular weight excluding hydrogens is 700 g/mol. The van der Waals surface area contributed by atoms with Gasteiger partial charge in [-0.3, -0.25) is 9.59 Å². The van der Waals surface area contributed by atoms with Gasteiger partial charge < -0.3 is 15.7 Å². The number of amides is 1. The van der Waals surface area contributed by atoms with E-state index in [1.54, 1.807) is 0 Å². The second-order valence-electron chi connectivity index (χ2n) is 21.0. The molecule has 0 aromatic carbocycles. The smallest absolute Gasteiger partial charge is 0.312 e. The molecule has 5 fully saturated rings. The van der Waals surface area contributed by atoms with Crippen molar-refractivity contribution in [2.45, 2.75) is 143 Å². The molecule has 0 spiro atoms. The predicted octanol–water partition coefficient (Wildman–Crippen LogP) is 8.61. The average Bonchev–Trinajstić information content (AvgIpc) is 3.62. The van der Waals surface area contributed by atoms with Gasteiger partial charge in [-0.15, -0.1) is 0 Å². The van der Waals surface area contributed by atoms with Crippen molar-refractivity contribution in [1.29, 1.82) is 0 Å². The van der Waals surface area contributed by atoms with Crippen LogP contribution in [0.25, 0.3) is 0 Å². The fourth-order valence-electron chi connectivity index (χ4n) is 15.1. The standard InChI is InChI=1S/C45H69FN2O5S/c1-28(2)32-13-20-45(48-25-37(49)47-24-31-23-29(3)26-54(31,52)53)22-21-42(7)34(38(32)45)9-10-36-41(6)16-14-33(40(4,5)35(41)15-17-43(36,42)8)30-11-18-44(27-46,19-12-30)39(50)51/h11,14,29,31-32,34-36,38,48H,1,9-10,12-13,15-27H2,2-8H3,(H,47,49)(H,50,51)/t29-,31-,32-,34+,35-,36+,38+,41-,42+,43+,44-,45-/m0/s1. The molecule has 1 aliphatic heterocycles. The minimum atomic E-state index is -3.15. The Kier molecular flexibility index (Phi) is 10.1. The number of hydrogen-bond acceptors (Lipinski definition) is 5. The van der Waals surface area contributed by atoms with Gasteiger partial charge in [-0.2, -0.15) is 0 Å². The molecule has 1 amide bonds. The molecule has 1 saturated heterocycles. The summed E-state index contributed by atoms with van der Waals surface area (Å²) >= 11 is 0. The number of carbonyl (C=O) groups is 2. The van der Waals surface area contributed by atoms with Crippen molar-refractivity contribution in [3.05, 3.63) is 35.5 Å². The lowest BCUT2D eigenvalue weighted by molar-refractivity contribution is -0.221. The highest BCUT2D eigenvalue weighted by Crippen LogP contribution is 2.76. The van der Waals surface area contributed by atoms with Crippen LogP contribution in [0.15, 0.2) is 35.5 Å². The van der Waals surface area contributed by atoms with Crippen molar-refractivity contribution >= 4 is 21.7 Å². The third kappa shape index (κ3) is 5.95. The van der Waals surface area contributed by atoms with Crippen molar-refractivity contribution in [3.8, 4) is 0 Å². The number of rotatable bonds is 9. The SMILES string of the molecule is C=C(C)[C@@H]1CC[C@]2(NCC(=O)NC[C@@H]3C[C@H](C)CS3(=O)=O)CC[C@]3(C)[C@H](CC[C@@H]4[C@@]5(C)CC=C(C6=CC[C@](CF)(C(=O)O)CC6)C(C)(C)[C@@H]5CC[C@]43C)[C@@H]12. The van der Waals surface area contributed by atoms with E-state index in [-0.39, 0.29) is 64.3 Å². The lowest BCUT2D eigenvalue weighted by atomic mass is 9.33. The van der Waals surface area contributed by atoms with Gasteiger partial charge in [-0.25, -0.2) is 12.8 Å². The largest absolute Gasteiger partial charge is 0.481 e. The van der Waals surface area contributed by atoms with Crippen LogP contribution >= 0.6 is 0 Å². The van der Waals surface area contributed by atoms with Crippen molar-refractivity contribution in [3.63, 3.8) is 0 Å². The van der Waals surface area contributed by atoms with Crippen LogP contribution in [0.4, 0.5) is 4.39 Å². The van der Waals surface area contributed by atoms with Gasteiger partial charge in [-0.1, -0.05) is 65.8 Å². The maximum absolute atomic E-state index is 14.0. The molecule has 0 radical (unpaired) electrons. The molecule has 0 aromatic heterocycles. The first kappa shape index (κ1) is 40.2. The number of carbonyl (C=O) groups excluding carboxylic acids is 1. The van der Waals surface area contributed by atoms with E-state index in [2.05, 4.69) is 70.9 Å². The lowest BCUT2D eigenvalue weighted by Crippen LogP contribution is -2.68. The molecule has 0 bridgehead atoms. The molecule has 1 heterocycles. The predicted molar refractivity (Wildman–Crippen MR) is 213 cm³/mol. The zero-order valence-electron chi connectivity index (χ0n) is 34.3. The summed E-state index contributed by atoms with van der Waals surface area (Å²) in [5, 5.41) is 16.2. The summed E-state index contributed by atoms with van der Waals surface area (Å²) in [4.78, 5) is 25.3. The highest BCUT2D eigenvalue weighted by atomic mass is 32.2. The Morgan fingerprint density at radius 2 is 1.69 bits per heavy atom. The molecule has 7 aliphatic rings. The molecule has 4 saturated carbocycles. The molecule has 0 aromatic rings. The van der Waals surface area contributed by atoms with Crippen LogP contribution in [0.1, 0.15) is 132 Å². The van der Waals surface area contributed by atoms with Crippen molar-refractivity contribution in [2.24, 2.45) is 62.6 Å². The van der Waals surface area contributed by atoms with Gasteiger partial charge in [0.05, 0.1) is 23.0 Å². The zero-order chi connectivity index (χ0) is 39.3. The van der Waals surface area contributed by atoms with Gasteiger partial charge in [0.15, 0.2) is 9.84 Å². The minimum absolute atomic E-state index is 0.0558. The van der Waals surface area contributed by atoms with E-state index in [9.17, 15) is 27.5 Å². The van der Waals surface area contributed by atoms with Crippen LogP contribution in [0.2, 0.25) is 0 Å². The highest BCUT2D eigenvalue weighted by Gasteiger charge is 2.70. The monoisotopic (exact) mass is 768 g/mol. The third-order valence-electron chi connectivity index (χ3n) is 18.1. The highest BCUT2D eigenvalue weighted by molar-refractivity contribution is 7.92. The van der Waals surface area contributed by atoms with E-state index < -0.39 is 33.1 Å². The van der Waals surface area contributed by atoms with Crippen LogP contribution in [0, 0.1) is 62.6 Å². The number of halogens is 1. The molecule has 0 unspecified atom stereocenters. The fourth-order valence-corrected chi connectivity index (χ4v) is 17.2. The van der Waals surface area contributed by atoms with E-state index in [1.165, 1.54) is 42.4 Å². The first-order valence-corrected chi connectivity index (χ1v) is 23.0. The van der Waals surface area contributed by atoms with E-state index in [0.29, 0.717) is 48.9 Å². The minimum Gasteiger partial charge on any atom is -0.481 e. The molecule has 9 heteroatoms. The Labute approximate surface area is 325 Å². The number of aliphatic carboxylic acids is 1. The maximum atomic E-state index is 14.0. The van der Waals surface area contributed by atoms with Crippen molar-refractivity contribution in [1.82, 2.24) is 10.6 Å². The Bertz CT molecular complexity index is 1740. The van der Waals surface area contributed by atoms with Gasteiger partial charge in [-0.05, 0) is 159 Å². The fraction of sp³-hybridized carbons (Fsp3) is 0.822. The summed E-state index contributed by atoms with van der Waals surface area (Å²) in [6.45, 7) is 21.0. The number of carboxylic acid groups (broad SMARTS) is 1. The Morgan fingerprint density at radius 3 is 2.30 bits per heavy atom. The Hall–Kier alpha value is -2.00. The summed E-state index contributed by atoms with van der Waals surface area (Å²) in [5.74, 6) is 1.69. The van der Waals surface area contributed by atoms with E-state index in [0.717, 1.165) is 32.1 Å². The number of nitrogens with one attached hydrogen (secondary N) is 2. The number of carboxylic acids is 1. The molecule has 54 heavy (non-hydrogen) atoms. The summed E-state index contributed by atoms with van der Waals surface area (Å²) in [7, 11) is -3.15. The first-order valence-electron chi connectivity index (χ1n) is 21.3. The van der Waals surface area contributed by atoms with Gasteiger partial charge in [0.1, 0.15) is 6.67 Å². The van der Waals surface area contributed by atoms with Crippen molar-refractivity contribution in [2.75, 3.05) is 25.5 Å². The molecule has 12 atom stereocenters.